The molecule has 6 nitrogen and oxygen atoms in total. The lowest BCUT2D eigenvalue weighted by Gasteiger charge is -2.09. The summed E-state index contributed by atoms with van der Waals surface area (Å²) in [7, 11) is 0. The maximum Gasteiger partial charge on any atom is 0.338 e. The fourth-order valence-corrected chi connectivity index (χ4v) is 2.21. The minimum absolute atomic E-state index is 0.00464. The molecule has 8 heteroatoms. The molecule has 108 valence electrons. The minimum Gasteiger partial charge on any atom is -0.462 e. The van der Waals surface area contributed by atoms with E-state index in [0.29, 0.717) is 13.2 Å². The second-order valence-corrected chi connectivity index (χ2v) is 5.16. The van der Waals surface area contributed by atoms with E-state index in [4.69, 9.17) is 32.7 Å². The molecule has 0 amide bonds. The van der Waals surface area contributed by atoms with E-state index in [0.717, 1.165) is 12.5 Å². The number of hydrogen-bond donors (Lipinski definition) is 0. The summed E-state index contributed by atoms with van der Waals surface area (Å²) in [6.45, 7) is 1.42. The molecule has 0 aromatic heterocycles. The Morgan fingerprint density at radius 2 is 2.25 bits per heavy atom. The van der Waals surface area contributed by atoms with Crippen LogP contribution in [0.1, 0.15) is 16.8 Å². The molecule has 1 aromatic carbocycles. The topological polar surface area (TPSA) is 78.7 Å². The smallest absolute Gasteiger partial charge is 0.338 e. The molecule has 1 unspecified atom stereocenters. The van der Waals surface area contributed by atoms with Gasteiger partial charge in [0.1, 0.15) is 5.02 Å². The molecule has 2 rings (SSSR count). The SMILES string of the molecule is O=C(OCC1CCOC1)c1cc(Cl)c(Cl)c([N+](=O)[O-])c1. The first-order valence-corrected chi connectivity index (χ1v) is 6.63. The largest absolute Gasteiger partial charge is 0.462 e. The predicted octanol–water partition coefficient (Wildman–Crippen LogP) is 3.09. The maximum absolute atomic E-state index is 11.9. The Hall–Kier alpha value is -1.37. The monoisotopic (exact) mass is 319 g/mol. The third-order valence-electron chi connectivity index (χ3n) is 2.92. The van der Waals surface area contributed by atoms with Crippen LogP contribution >= 0.6 is 23.2 Å². The summed E-state index contributed by atoms with van der Waals surface area (Å²) in [5, 5.41) is 10.6. The molecule has 0 aliphatic carbocycles. The summed E-state index contributed by atoms with van der Waals surface area (Å²) in [6, 6.07) is 2.31. The Balaban J connectivity index is 2.11. The van der Waals surface area contributed by atoms with E-state index in [1.807, 2.05) is 0 Å². The zero-order valence-electron chi connectivity index (χ0n) is 10.3. The van der Waals surface area contributed by atoms with Gasteiger partial charge < -0.3 is 9.47 Å². The van der Waals surface area contributed by atoms with Crippen molar-refractivity contribution in [2.45, 2.75) is 6.42 Å². The number of nitro groups is 1. The van der Waals surface area contributed by atoms with Crippen LogP contribution in [0.2, 0.25) is 10.0 Å². The standard InChI is InChI=1S/C12H11Cl2NO5/c13-9-3-8(4-10(11(9)14)15(17)18)12(16)20-6-7-1-2-19-5-7/h3-4,7H,1-2,5-6H2. The molecule has 0 radical (unpaired) electrons. The Kier molecular flexibility index (Phi) is 4.80. The van der Waals surface area contributed by atoms with Crippen LogP contribution in [0.4, 0.5) is 5.69 Å². The van der Waals surface area contributed by atoms with Gasteiger partial charge in [-0.05, 0) is 12.5 Å². The molecule has 0 spiro atoms. The predicted molar refractivity (Wildman–Crippen MR) is 72.3 cm³/mol. The van der Waals surface area contributed by atoms with Crippen molar-refractivity contribution in [3.8, 4) is 0 Å². The fraction of sp³-hybridized carbons (Fsp3) is 0.417. The zero-order chi connectivity index (χ0) is 14.7. The molecular formula is C12H11Cl2NO5. The summed E-state index contributed by atoms with van der Waals surface area (Å²) in [4.78, 5) is 22.0. The van der Waals surface area contributed by atoms with Gasteiger partial charge in [0.05, 0.1) is 28.7 Å². The molecule has 20 heavy (non-hydrogen) atoms. The number of benzene rings is 1. The van der Waals surface area contributed by atoms with Crippen LogP contribution in [-0.2, 0) is 9.47 Å². The quantitative estimate of drug-likeness (QED) is 0.484. The van der Waals surface area contributed by atoms with Gasteiger partial charge in [-0.1, -0.05) is 23.2 Å². The van der Waals surface area contributed by atoms with Gasteiger partial charge in [-0.15, -0.1) is 0 Å². The van der Waals surface area contributed by atoms with E-state index in [1.54, 1.807) is 0 Å². The first kappa shape index (κ1) is 15.0. The van der Waals surface area contributed by atoms with Gasteiger partial charge in [0, 0.05) is 18.6 Å². The van der Waals surface area contributed by atoms with Crippen molar-refractivity contribution in [3.63, 3.8) is 0 Å². The highest BCUT2D eigenvalue weighted by molar-refractivity contribution is 6.43. The average molecular weight is 320 g/mol. The highest BCUT2D eigenvalue weighted by atomic mass is 35.5. The first-order chi connectivity index (χ1) is 9.49. The van der Waals surface area contributed by atoms with Gasteiger partial charge in [0.25, 0.3) is 5.69 Å². The van der Waals surface area contributed by atoms with Crippen molar-refractivity contribution in [1.29, 1.82) is 0 Å². The number of rotatable bonds is 4. The number of halogens is 2. The van der Waals surface area contributed by atoms with Crippen LogP contribution < -0.4 is 0 Å². The van der Waals surface area contributed by atoms with Gasteiger partial charge in [-0.2, -0.15) is 0 Å². The molecule has 1 atom stereocenters. The van der Waals surface area contributed by atoms with E-state index >= 15 is 0 Å². The van der Waals surface area contributed by atoms with Gasteiger partial charge in [-0.3, -0.25) is 10.1 Å². The van der Waals surface area contributed by atoms with Crippen LogP contribution in [-0.4, -0.2) is 30.7 Å². The van der Waals surface area contributed by atoms with E-state index in [2.05, 4.69) is 0 Å². The normalized spacial score (nSPS) is 18.0. The first-order valence-electron chi connectivity index (χ1n) is 5.87. The lowest BCUT2D eigenvalue weighted by atomic mass is 10.1. The highest BCUT2D eigenvalue weighted by Gasteiger charge is 2.22. The second kappa shape index (κ2) is 6.39. The van der Waals surface area contributed by atoms with Crippen molar-refractivity contribution in [3.05, 3.63) is 37.9 Å². The third-order valence-corrected chi connectivity index (χ3v) is 3.71. The van der Waals surface area contributed by atoms with Crippen LogP contribution in [0.3, 0.4) is 0 Å². The number of nitro benzene ring substituents is 1. The summed E-state index contributed by atoms with van der Waals surface area (Å²) in [6.07, 6.45) is 0.828. The molecule has 1 aliphatic rings. The summed E-state index contributed by atoms with van der Waals surface area (Å²) in [5.41, 5.74) is -0.416. The lowest BCUT2D eigenvalue weighted by molar-refractivity contribution is -0.384. The van der Waals surface area contributed by atoms with Gasteiger partial charge in [0.15, 0.2) is 0 Å². The molecule has 1 saturated heterocycles. The number of carbonyl (C=O) groups is 1. The molecule has 0 N–H and O–H groups in total. The molecular weight excluding hydrogens is 309 g/mol. The molecule has 1 aromatic rings. The van der Waals surface area contributed by atoms with Crippen molar-refractivity contribution in [2.24, 2.45) is 5.92 Å². The summed E-state index contributed by atoms with van der Waals surface area (Å²) >= 11 is 11.5. The number of esters is 1. The van der Waals surface area contributed by atoms with Gasteiger partial charge in [0.2, 0.25) is 0 Å². The number of ether oxygens (including phenoxy) is 2. The molecule has 0 bridgehead atoms. The Labute approximate surface area is 124 Å². The number of hydrogen-bond acceptors (Lipinski definition) is 5. The summed E-state index contributed by atoms with van der Waals surface area (Å²) in [5.74, 6) is -0.504. The number of nitrogens with zero attached hydrogens (tertiary/aromatic N) is 1. The lowest BCUT2D eigenvalue weighted by Crippen LogP contribution is -2.14. The third kappa shape index (κ3) is 3.39. The van der Waals surface area contributed by atoms with E-state index in [9.17, 15) is 14.9 Å². The van der Waals surface area contributed by atoms with Crippen molar-refractivity contribution >= 4 is 34.9 Å². The molecule has 1 fully saturated rings. The second-order valence-electron chi connectivity index (χ2n) is 4.38. The summed E-state index contributed by atoms with van der Waals surface area (Å²) < 4.78 is 10.3. The molecule has 1 aliphatic heterocycles. The number of carbonyl (C=O) groups excluding carboxylic acids is 1. The van der Waals surface area contributed by atoms with Crippen LogP contribution in [0.5, 0.6) is 0 Å². The fourth-order valence-electron chi connectivity index (χ4n) is 1.82. The van der Waals surface area contributed by atoms with Crippen molar-refractivity contribution in [1.82, 2.24) is 0 Å². The van der Waals surface area contributed by atoms with E-state index in [-0.39, 0.29) is 28.1 Å². The Morgan fingerprint density at radius 3 is 2.85 bits per heavy atom. The average Bonchev–Trinajstić information content (AvgIpc) is 2.91. The van der Waals surface area contributed by atoms with Crippen LogP contribution in [0.15, 0.2) is 12.1 Å². The van der Waals surface area contributed by atoms with Gasteiger partial charge >= 0.3 is 5.97 Å². The van der Waals surface area contributed by atoms with E-state index < -0.39 is 16.6 Å². The van der Waals surface area contributed by atoms with Crippen LogP contribution in [0.25, 0.3) is 0 Å². The minimum atomic E-state index is -0.699. The van der Waals surface area contributed by atoms with Crippen LogP contribution in [0, 0.1) is 16.0 Å². The van der Waals surface area contributed by atoms with Gasteiger partial charge in [-0.25, -0.2) is 4.79 Å². The van der Waals surface area contributed by atoms with Crippen molar-refractivity contribution < 1.29 is 19.2 Å². The molecule has 1 heterocycles. The maximum atomic E-state index is 11.9. The molecule has 0 saturated carbocycles. The Morgan fingerprint density at radius 1 is 1.50 bits per heavy atom. The van der Waals surface area contributed by atoms with E-state index in [1.165, 1.54) is 6.07 Å². The Bertz CT molecular complexity index is 543. The van der Waals surface area contributed by atoms with Crippen molar-refractivity contribution in [2.75, 3.05) is 19.8 Å². The zero-order valence-corrected chi connectivity index (χ0v) is 11.8. The highest BCUT2D eigenvalue weighted by Crippen LogP contribution is 2.33.